The topological polar surface area (TPSA) is 43.5 Å². The smallest absolute Gasteiger partial charge is 0.219 e. The van der Waals surface area contributed by atoms with Gasteiger partial charge in [-0.2, -0.15) is 0 Å². The summed E-state index contributed by atoms with van der Waals surface area (Å²) in [5, 5.41) is 0. The monoisotopic (exact) mass is 174 g/mol. The Morgan fingerprint density at radius 2 is 2.17 bits per heavy atom. The maximum absolute atomic E-state index is 5.32. The van der Waals surface area contributed by atoms with Crippen LogP contribution in [0.1, 0.15) is 12.8 Å². The standard InChI is InChI=1S/C8H14O4/c1-9-7(10-2)4-3-6-8(12-6)5-11-8/h6-7H,3-5H2,1-2H3. The van der Waals surface area contributed by atoms with Crippen LogP contribution < -0.4 is 0 Å². The Hall–Kier alpha value is -0.160. The van der Waals surface area contributed by atoms with Crippen molar-refractivity contribution >= 4 is 0 Å². The van der Waals surface area contributed by atoms with Crippen LogP contribution >= 0.6 is 0 Å². The Morgan fingerprint density at radius 3 is 2.58 bits per heavy atom. The number of hydrogen-bond donors (Lipinski definition) is 0. The lowest BCUT2D eigenvalue weighted by Gasteiger charge is -2.11. The third kappa shape index (κ3) is 1.47. The van der Waals surface area contributed by atoms with E-state index in [0.29, 0.717) is 0 Å². The second kappa shape index (κ2) is 2.96. The highest BCUT2D eigenvalue weighted by molar-refractivity contribution is 5.03. The zero-order valence-electron chi connectivity index (χ0n) is 7.41. The molecule has 0 amide bonds. The first kappa shape index (κ1) is 8.44. The van der Waals surface area contributed by atoms with Crippen LogP contribution in [0.15, 0.2) is 0 Å². The fourth-order valence-electron chi connectivity index (χ4n) is 1.43. The van der Waals surface area contributed by atoms with Crippen LogP contribution in [0.4, 0.5) is 0 Å². The van der Waals surface area contributed by atoms with E-state index < -0.39 is 0 Å². The van der Waals surface area contributed by atoms with Crippen molar-refractivity contribution in [2.75, 3.05) is 20.8 Å². The molecule has 0 aromatic carbocycles. The van der Waals surface area contributed by atoms with E-state index in [-0.39, 0.29) is 18.2 Å². The lowest BCUT2D eigenvalue weighted by molar-refractivity contribution is -0.107. The molecule has 4 heteroatoms. The van der Waals surface area contributed by atoms with Gasteiger partial charge in [-0.3, -0.25) is 0 Å². The normalized spacial score (nSPS) is 37.8. The molecule has 2 aliphatic rings. The predicted molar refractivity (Wildman–Crippen MR) is 40.6 cm³/mol. The zero-order valence-corrected chi connectivity index (χ0v) is 7.41. The molecule has 0 aromatic rings. The minimum atomic E-state index is -0.161. The van der Waals surface area contributed by atoms with Crippen LogP contribution in [0.5, 0.6) is 0 Å². The molecule has 12 heavy (non-hydrogen) atoms. The summed E-state index contributed by atoms with van der Waals surface area (Å²) in [5.74, 6) is -0.161. The first-order valence-electron chi connectivity index (χ1n) is 4.18. The van der Waals surface area contributed by atoms with Gasteiger partial charge in [0, 0.05) is 20.6 Å². The van der Waals surface area contributed by atoms with Gasteiger partial charge in [-0.05, 0) is 6.42 Å². The lowest BCUT2D eigenvalue weighted by Crippen LogP contribution is -2.14. The molecule has 2 atom stereocenters. The van der Waals surface area contributed by atoms with E-state index >= 15 is 0 Å². The summed E-state index contributed by atoms with van der Waals surface area (Å²) in [6, 6.07) is 0. The molecule has 1 spiro atoms. The van der Waals surface area contributed by atoms with Crippen molar-refractivity contribution in [3.8, 4) is 0 Å². The molecule has 4 nitrogen and oxygen atoms in total. The fourth-order valence-corrected chi connectivity index (χ4v) is 1.43. The van der Waals surface area contributed by atoms with Gasteiger partial charge in [-0.1, -0.05) is 0 Å². The van der Waals surface area contributed by atoms with Gasteiger partial charge in [0.2, 0.25) is 5.79 Å². The summed E-state index contributed by atoms with van der Waals surface area (Å²) >= 11 is 0. The highest BCUT2D eigenvalue weighted by Gasteiger charge is 2.68. The molecule has 0 N–H and O–H groups in total. The van der Waals surface area contributed by atoms with Crippen LogP contribution in [0.25, 0.3) is 0 Å². The number of epoxide rings is 2. The van der Waals surface area contributed by atoms with Gasteiger partial charge in [0.15, 0.2) is 6.29 Å². The molecular formula is C8H14O4. The molecule has 0 aromatic heterocycles. The molecule has 0 radical (unpaired) electrons. The highest BCUT2D eigenvalue weighted by Crippen LogP contribution is 2.50. The largest absolute Gasteiger partial charge is 0.356 e. The summed E-state index contributed by atoms with van der Waals surface area (Å²) in [6.45, 7) is 0.766. The van der Waals surface area contributed by atoms with Gasteiger partial charge in [-0.25, -0.2) is 0 Å². The molecule has 2 heterocycles. The average Bonchev–Trinajstić information content (AvgIpc) is 2.97. The van der Waals surface area contributed by atoms with Crippen LogP contribution in [0, 0.1) is 0 Å². The van der Waals surface area contributed by atoms with E-state index in [2.05, 4.69) is 0 Å². The quantitative estimate of drug-likeness (QED) is 0.450. The molecular weight excluding hydrogens is 160 g/mol. The summed E-state index contributed by atoms with van der Waals surface area (Å²) in [4.78, 5) is 0. The molecule has 2 saturated heterocycles. The fraction of sp³-hybridized carbons (Fsp3) is 1.00. The van der Waals surface area contributed by atoms with E-state index in [0.717, 1.165) is 19.4 Å². The minimum absolute atomic E-state index is 0.106. The highest BCUT2D eigenvalue weighted by atomic mass is 16.9. The maximum Gasteiger partial charge on any atom is 0.219 e. The van der Waals surface area contributed by atoms with Crippen molar-refractivity contribution in [2.24, 2.45) is 0 Å². The zero-order chi connectivity index (χ0) is 8.60. The van der Waals surface area contributed by atoms with Gasteiger partial charge in [-0.15, -0.1) is 0 Å². The van der Waals surface area contributed by atoms with Crippen molar-refractivity contribution < 1.29 is 18.9 Å². The third-order valence-electron chi connectivity index (χ3n) is 2.39. The molecule has 2 fully saturated rings. The first-order chi connectivity index (χ1) is 5.80. The predicted octanol–water partition coefficient (Wildman–Crippen LogP) is 0.511. The Bertz CT molecular complexity index is 160. The van der Waals surface area contributed by atoms with Gasteiger partial charge in [0.05, 0.1) is 0 Å². The van der Waals surface area contributed by atoms with Gasteiger partial charge in [0.1, 0.15) is 12.7 Å². The van der Waals surface area contributed by atoms with E-state index in [1.165, 1.54) is 0 Å². The number of ether oxygens (including phenoxy) is 4. The summed E-state index contributed by atoms with van der Waals surface area (Å²) < 4.78 is 20.5. The van der Waals surface area contributed by atoms with E-state index in [1.54, 1.807) is 14.2 Å². The first-order valence-corrected chi connectivity index (χ1v) is 4.18. The van der Waals surface area contributed by atoms with E-state index in [4.69, 9.17) is 18.9 Å². The number of methoxy groups -OCH3 is 2. The van der Waals surface area contributed by atoms with Crippen LogP contribution in [0.3, 0.4) is 0 Å². The van der Waals surface area contributed by atoms with E-state index in [1.807, 2.05) is 0 Å². The maximum atomic E-state index is 5.32. The van der Waals surface area contributed by atoms with Crippen molar-refractivity contribution in [3.63, 3.8) is 0 Å². The minimum Gasteiger partial charge on any atom is -0.356 e. The van der Waals surface area contributed by atoms with Gasteiger partial charge in [0.25, 0.3) is 0 Å². The van der Waals surface area contributed by atoms with E-state index in [9.17, 15) is 0 Å². The number of rotatable bonds is 5. The Labute approximate surface area is 71.7 Å². The number of hydrogen-bond acceptors (Lipinski definition) is 4. The molecule has 0 bridgehead atoms. The molecule has 2 unspecified atom stereocenters. The molecule has 0 aliphatic carbocycles. The second-order valence-electron chi connectivity index (χ2n) is 3.19. The van der Waals surface area contributed by atoms with Gasteiger partial charge < -0.3 is 18.9 Å². The third-order valence-corrected chi connectivity index (χ3v) is 2.39. The van der Waals surface area contributed by atoms with Crippen LogP contribution in [-0.2, 0) is 18.9 Å². The second-order valence-corrected chi connectivity index (χ2v) is 3.19. The summed E-state index contributed by atoms with van der Waals surface area (Å²) in [6.07, 6.45) is 1.99. The van der Waals surface area contributed by atoms with Gasteiger partial charge >= 0.3 is 0 Å². The van der Waals surface area contributed by atoms with Crippen molar-refractivity contribution in [2.45, 2.75) is 31.0 Å². The van der Waals surface area contributed by atoms with Crippen molar-refractivity contribution in [1.29, 1.82) is 0 Å². The summed E-state index contributed by atoms with van der Waals surface area (Å²) in [7, 11) is 3.29. The molecule has 70 valence electrons. The Balaban J connectivity index is 1.62. The van der Waals surface area contributed by atoms with Crippen molar-refractivity contribution in [3.05, 3.63) is 0 Å². The molecule has 2 aliphatic heterocycles. The SMILES string of the molecule is COC(CCC1OC12CO2)OC. The molecule has 2 rings (SSSR count). The Morgan fingerprint density at radius 1 is 1.50 bits per heavy atom. The van der Waals surface area contributed by atoms with Crippen molar-refractivity contribution in [1.82, 2.24) is 0 Å². The van der Waals surface area contributed by atoms with Crippen LogP contribution in [-0.4, -0.2) is 39.0 Å². The lowest BCUT2D eigenvalue weighted by atomic mass is 10.2. The molecule has 0 saturated carbocycles. The summed E-state index contributed by atoms with van der Waals surface area (Å²) in [5.41, 5.74) is 0. The average molecular weight is 174 g/mol. The Kier molecular flexibility index (Phi) is 2.08. The van der Waals surface area contributed by atoms with Crippen LogP contribution in [0.2, 0.25) is 0 Å².